The molecule has 0 bridgehead atoms. The van der Waals surface area contributed by atoms with Crippen LogP contribution in [0.3, 0.4) is 0 Å². The van der Waals surface area contributed by atoms with Gasteiger partial charge in [0.25, 0.3) is 0 Å². The number of nitrogens with zero attached hydrogens (tertiary/aromatic N) is 5. The predicted molar refractivity (Wildman–Crippen MR) is 102 cm³/mol. The van der Waals surface area contributed by atoms with E-state index < -0.39 is 0 Å². The smallest absolute Gasteiger partial charge is 0.204 e. The largest absolute Gasteiger partial charge is 0.301 e. The van der Waals surface area contributed by atoms with Crippen LogP contribution < -0.4 is 0 Å². The van der Waals surface area contributed by atoms with Crippen LogP contribution in [0.15, 0.2) is 41.8 Å². The molecule has 1 aromatic carbocycles. The molecule has 0 aliphatic rings. The maximum atomic E-state index is 4.46. The lowest BCUT2D eigenvalue weighted by atomic mass is 10.2. The lowest BCUT2D eigenvalue weighted by Crippen LogP contribution is -2.19. The van der Waals surface area contributed by atoms with Crippen molar-refractivity contribution in [1.82, 2.24) is 25.1 Å². The Kier molecular flexibility index (Phi) is 6.30. The van der Waals surface area contributed by atoms with Crippen LogP contribution >= 0.6 is 11.3 Å². The summed E-state index contributed by atoms with van der Waals surface area (Å²) in [4.78, 5) is 5.59. The van der Waals surface area contributed by atoms with Gasteiger partial charge in [0, 0.05) is 17.0 Å². The Morgan fingerprint density at radius 2 is 1.92 bits per heavy atom. The van der Waals surface area contributed by atoms with Gasteiger partial charge in [0.05, 0.1) is 6.54 Å². The van der Waals surface area contributed by atoms with E-state index in [4.69, 9.17) is 0 Å². The van der Waals surface area contributed by atoms with E-state index in [1.165, 1.54) is 23.3 Å². The minimum atomic E-state index is 0.701. The lowest BCUT2D eigenvalue weighted by Gasteiger charge is -2.16. The second kappa shape index (κ2) is 8.87. The van der Waals surface area contributed by atoms with Gasteiger partial charge in [-0.2, -0.15) is 4.80 Å². The fourth-order valence-electron chi connectivity index (χ4n) is 2.74. The third-order valence-corrected chi connectivity index (χ3v) is 5.27. The third-order valence-electron chi connectivity index (χ3n) is 4.26. The summed E-state index contributed by atoms with van der Waals surface area (Å²) in [7, 11) is 2.20. The summed E-state index contributed by atoms with van der Waals surface area (Å²) in [5.41, 5.74) is 2.42. The SMILES string of the molecule is Cc1ccsc1CN(C)CCCCCn1nnc(-c2ccccc2)n1. The summed E-state index contributed by atoms with van der Waals surface area (Å²) in [5, 5.41) is 14.9. The standard InChI is InChI=1S/C19H25N5S/c1-16-11-14-25-18(16)15-23(2)12-7-4-8-13-24-21-19(20-22-24)17-9-5-3-6-10-17/h3,5-6,9-11,14H,4,7-8,12-13,15H2,1-2H3. The fourth-order valence-corrected chi connectivity index (χ4v) is 3.73. The van der Waals surface area contributed by atoms with Gasteiger partial charge in [-0.1, -0.05) is 36.8 Å². The monoisotopic (exact) mass is 355 g/mol. The second-order valence-electron chi connectivity index (χ2n) is 6.40. The molecule has 0 aliphatic carbocycles. The highest BCUT2D eigenvalue weighted by Gasteiger charge is 2.06. The van der Waals surface area contributed by atoms with Crippen LogP contribution in [-0.2, 0) is 13.1 Å². The van der Waals surface area contributed by atoms with Gasteiger partial charge in [0.1, 0.15) is 0 Å². The van der Waals surface area contributed by atoms with E-state index in [0.29, 0.717) is 5.82 Å². The highest BCUT2D eigenvalue weighted by Crippen LogP contribution is 2.17. The van der Waals surface area contributed by atoms with Crippen LogP contribution in [0, 0.1) is 6.92 Å². The molecule has 0 aliphatic heterocycles. The van der Waals surface area contributed by atoms with Crippen LogP contribution in [-0.4, -0.2) is 38.7 Å². The van der Waals surface area contributed by atoms with Crippen molar-refractivity contribution in [2.75, 3.05) is 13.6 Å². The van der Waals surface area contributed by atoms with E-state index in [2.05, 4.69) is 45.7 Å². The minimum Gasteiger partial charge on any atom is -0.301 e. The maximum absolute atomic E-state index is 4.46. The molecule has 2 heterocycles. The molecule has 0 saturated carbocycles. The van der Waals surface area contributed by atoms with Gasteiger partial charge in [0.2, 0.25) is 5.82 Å². The van der Waals surface area contributed by atoms with Gasteiger partial charge in [0.15, 0.2) is 0 Å². The van der Waals surface area contributed by atoms with Crippen molar-refractivity contribution in [3.8, 4) is 11.4 Å². The first-order valence-corrected chi connectivity index (χ1v) is 9.65. The minimum absolute atomic E-state index is 0.701. The summed E-state index contributed by atoms with van der Waals surface area (Å²) in [5.74, 6) is 0.701. The number of benzene rings is 1. The molecule has 0 N–H and O–H groups in total. The summed E-state index contributed by atoms with van der Waals surface area (Å²) in [6.45, 7) is 5.19. The number of aromatic nitrogens is 4. The Morgan fingerprint density at radius 3 is 2.68 bits per heavy atom. The maximum Gasteiger partial charge on any atom is 0.204 e. The van der Waals surface area contributed by atoms with Crippen molar-refractivity contribution in [3.63, 3.8) is 0 Å². The topological polar surface area (TPSA) is 46.8 Å². The average Bonchev–Trinajstić information content (AvgIpc) is 3.25. The number of tetrazole rings is 1. The number of aryl methyl sites for hydroxylation is 2. The Hall–Kier alpha value is -2.05. The molecule has 2 aromatic heterocycles. The average molecular weight is 356 g/mol. The molecule has 0 amide bonds. The first-order valence-electron chi connectivity index (χ1n) is 8.77. The Labute approximate surface area is 153 Å². The van der Waals surface area contributed by atoms with Crippen LogP contribution in [0.4, 0.5) is 0 Å². The van der Waals surface area contributed by atoms with Crippen molar-refractivity contribution in [3.05, 3.63) is 52.2 Å². The van der Waals surface area contributed by atoms with E-state index >= 15 is 0 Å². The number of thiophene rings is 1. The van der Waals surface area contributed by atoms with Crippen molar-refractivity contribution >= 4 is 11.3 Å². The van der Waals surface area contributed by atoms with E-state index in [1.54, 1.807) is 4.80 Å². The molecule has 3 rings (SSSR count). The highest BCUT2D eigenvalue weighted by molar-refractivity contribution is 7.10. The number of hydrogen-bond acceptors (Lipinski definition) is 5. The van der Waals surface area contributed by atoms with E-state index in [-0.39, 0.29) is 0 Å². The zero-order valence-electron chi connectivity index (χ0n) is 14.9. The molecular weight excluding hydrogens is 330 g/mol. The lowest BCUT2D eigenvalue weighted by molar-refractivity contribution is 0.316. The highest BCUT2D eigenvalue weighted by atomic mass is 32.1. The molecule has 0 atom stereocenters. The van der Waals surface area contributed by atoms with Gasteiger partial charge in [-0.05, 0) is 55.6 Å². The molecule has 25 heavy (non-hydrogen) atoms. The molecule has 0 radical (unpaired) electrons. The van der Waals surface area contributed by atoms with Crippen LogP contribution in [0.5, 0.6) is 0 Å². The molecule has 132 valence electrons. The zero-order chi connectivity index (χ0) is 17.5. The summed E-state index contributed by atoms with van der Waals surface area (Å²) in [6, 6.07) is 12.2. The second-order valence-corrected chi connectivity index (χ2v) is 7.40. The van der Waals surface area contributed by atoms with Crippen LogP contribution in [0.2, 0.25) is 0 Å². The summed E-state index contributed by atoms with van der Waals surface area (Å²) < 4.78 is 0. The number of hydrogen-bond donors (Lipinski definition) is 0. The predicted octanol–water partition coefficient (Wildman–Crippen LogP) is 4.01. The van der Waals surface area contributed by atoms with E-state index in [0.717, 1.165) is 31.6 Å². The summed E-state index contributed by atoms with van der Waals surface area (Å²) in [6.07, 6.45) is 3.45. The first-order chi connectivity index (χ1) is 12.2. The van der Waals surface area contributed by atoms with Gasteiger partial charge < -0.3 is 4.90 Å². The molecule has 0 saturated heterocycles. The van der Waals surface area contributed by atoms with Crippen molar-refractivity contribution in [2.24, 2.45) is 0 Å². The van der Waals surface area contributed by atoms with Crippen molar-refractivity contribution in [2.45, 2.75) is 39.3 Å². The molecular formula is C19H25N5S. The van der Waals surface area contributed by atoms with E-state index in [1.807, 2.05) is 41.7 Å². The van der Waals surface area contributed by atoms with Gasteiger partial charge in [-0.3, -0.25) is 0 Å². The Morgan fingerprint density at radius 1 is 1.08 bits per heavy atom. The molecule has 0 unspecified atom stereocenters. The number of unbranched alkanes of at least 4 members (excludes halogenated alkanes) is 2. The molecule has 6 heteroatoms. The number of rotatable bonds is 9. The van der Waals surface area contributed by atoms with E-state index in [9.17, 15) is 0 Å². The quantitative estimate of drug-likeness (QED) is 0.544. The Bertz CT molecular complexity index is 765. The van der Waals surface area contributed by atoms with Crippen molar-refractivity contribution < 1.29 is 0 Å². The molecule has 0 spiro atoms. The summed E-state index contributed by atoms with van der Waals surface area (Å²) >= 11 is 1.85. The molecule has 5 nitrogen and oxygen atoms in total. The van der Waals surface area contributed by atoms with Gasteiger partial charge in [-0.25, -0.2) is 0 Å². The van der Waals surface area contributed by atoms with Crippen molar-refractivity contribution in [1.29, 1.82) is 0 Å². The van der Waals surface area contributed by atoms with Gasteiger partial charge >= 0.3 is 0 Å². The first kappa shape index (κ1) is 17.8. The van der Waals surface area contributed by atoms with Crippen LogP contribution in [0.25, 0.3) is 11.4 Å². The zero-order valence-corrected chi connectivity index (χ0v) is 15.7. The molecule has 0 fully saturated rings. The van der Waals surface area contributed by atoms with Crippen LogP contribution in [0.1, 0.15) is 29.7 Å². The normalized spacial score (nSPS) is 11.3. The fraction of sp³-hybridized carbons (Fsp3) is 0.421. The van der Waals surface area contributed by atoms with Gasteiger partial charge in [-0.15, -0.1) is 21.5 Å². The third kappa shape index (κ3) is 5.21. The molecule has 3 aromatic rings. The Balaban J connectivity index is 1.35.